The Morgan fingerprint density at radius 2 is 2.09 bits per heavy atom. The minimum Gasteiger partial charge on any atom is -0.504 e. The summed E-state index contributed by atoms with van der Waals surface area (Å²) in [6.45, 7) is 0. The highest BCUT2D eigenvalue weighted by Crippen LogP contribution is 2.33. The summed E-state index contributed by atoms with van der Waals surface area (Å²) < 4.78 is 6.21. The van der Waals surface area contributed by atoms with Gasteiger partial charge in [-0.25, -0.2) is 0 Å². The summed E-state index contributed by atoms with van der Waals surface area (Å²) in [7, 11) is 0. The van der Waals surface area contributed by atoms with Gasteiger partial charge in [-0.05, 0) is 30.3 Å². The molecular weight excluding hydrogens is 370 g/mol. The van der Waals surface area contributed by atoms with Crippen LogP contribution in [0.1, 0.15) is 5.56 Å². The molecule has 110 valence electrons. The Bertz CT molecular complexity index is 950. The second-order valence-electron chi connectivity index (χ2n) is 4.53. The Kier molecular flexibility index (Phi) is 4.00. The van der Waals surface area contributed by atoms with Crippen LogP contribution in [0.25, 0.3) is 11.0 Å². The van der Waals surface area contributed by atoms with E-state index in [1.807, 2.05) is 0 Å². The van der Waals surface area contributed by atoms with Crippen molar-refractivity contribution in [3.63, 3.8) is 0 Å². The van der Waals surface area contributed by atoms with Crippen molar-refractivity contribution in [2.45, 2.75) is 0 Å². The molecule has 6 heteroatoms. The van der Waals surface area contributed by atoms with E-state index in [9.17, 15) is 9.90 Å². The van der Waals surface area contributed by atoms with E-state index in [2.05, 4.69) is 20.9 Å². The fourth-order valence-electron chi connectivity index (χ4n) is 1.95. The Hall–Kier alpha value is -2.11. The van der Waals surface area contributed by atoms with Crippen LogP contribution in [0.3, 0.4) is 0 Å². The van der Waals surface area contributed by atoms with Crippen LogP contribution in [0.4, 0.5) is 5.69 Å². The van der Waals surface area contributed by atoms with Gasteiger partial charge >= 0.3 is 0 Å². The number of aromatic hydroxyl groups is 1. The molecule has 1 aromatic heterocycles. The fraction of sp³-hybridized carbons (Fsp3) is 0. The molecule has 3 rings (SSSR count). The number of aliphatic imine (C=N–C) groups is 1. The first-order chi connectivity index (χ1) is 10.6. The summed E-state index contributed by atoms with van der Waals surface area (Å²) in [5, 5.41) is 10.5. The average molecular weight is 379 g/mol. The lowest BCUT2D eigenvalue weighted by atomic mass is 10.2. The van der Waals surface area contributed by atoms with Gasteiger partial charge in [-0.1, -0.05) is 33.6 Å². The second-order valence-corrected chi connectivity index (χ2v) is 5.85. The standard InChI is InChI=1S/C16H9BrClNO3/c17-10-4-5-14-11(6-10)15(20)9(8-22-14)7-19-13-3-1-2-12(18)16(13)21/h1-8,21H. The van der Waals surface area contributed by atoms with Crippen LogP contribution in [0, 0.1) is 0 Å². The third-order valence-corrected chi connectivity index (χ3v) is 3.87. The van der Waals surface area contributed by atoms with E-state index in [1.54, 1.807) is 36.4 Å². The van der Waals surface area contributed by atoms with Crippen LogP contribution in [-0.2, 0) is 0 Å². The third-order valence-electron chi connectivity index (χ3n) is 3.07. The maximum atomic E-state index is 12.4. The molecule has 0 aliphatic carbocycles. The molecule has 0 aliphatic heterocycles. The molecule has 0 saturated heterocycles. The van der Waals surface area contributed by atoms with E-state index in [0.717, 1.165) is 4.47 Å². The molecule has 0 atom stereocenters. The largest absolute Gasteiger partial charge is 0.504 e. The van der Waals surface area contributed by atoms with Gasteiger partial charge in [0.05, 0.1) is 16.0 Å². The van der Waals surface area contributed by atoms with E-state index in [1.165, 1.54) is 12.5 Å². The summed E-state index contributed by atoms with van der Waals surface area (Å²) in [6, 6.07) is 10.0. The molecule has 0 radical (unpaired) electrons. The minimum atomic E-state index is -0.201. The Morgan fingerprint density at radius 1 is 1.27 bits per heavy atom. The van der Waals surface area contributed by atoms with Crippen LogP contribution in [-0.4, -0.2) is 11.3 Å². The van der Waals surface area contributed by atoms with Gasteiger partial charge < -0.3 is 9.52 Å². The van der Waals surface area contributed by atoms with Crippen molar-refractivity contribution in [2.75, 3.05) is 0 Å². The van der Waals surface area contributed by atoms with Gasteiger partial charge in [0.25, 0.3) is 0 Å². The van der Waals surface area contributed by atoms with Crippen molar-refractivity contribution in [3.05, 3.63) is 67.9 Å². The molecule has 0 bridgehead atoms. The Morgan fingerprint density at radius 3 is 2.91 bits per heavy atom. The van der Waals surface area contributed by atoms with Gasteiger partial charge in [0, 0.05) is 10.7 Å². The van der Waals surface area contributed by atoms with Crippen LogP contribution in [0.2, 0.25) is 5.02 Å². The highest BCUT2D eigenvalue weighted by atomic mass is 79.9. The van der Waals surface area contributed by atoms with Gasteiger partial charge in [0.1, 0.15) is 17.5 Å². The topological polar surface area (TPSA) is 62.8 Å². The lowest BCUT2D eigenvalue weighted by Gasteiger charge is -2.01. The molecule has 4 nitrogen and oxygen atoms in total. The molecule has 0 saturated carbocycles. The molecule has 1 heterocycles. The number of hydrogen-bond donors (Lipinski definition) is 1. The molecule has 0 spiro atoms. The zero-order valence-corrected chi connectivity index (χ0v) is 13.4. The van der Waals surface area contributed by atoms with Gasteiger partial charge in [0.15, 0.2) is 5.75 Å². The molecule has 1 N–H and O–H groups in total. The molecule has 2 aromatic carbocycles. The second kappa shape index (κ2) is 5.94. The summed E-state index contributed by atoms with van der Waals surface area (Å²) in [6.07, 6.45) is 2.68. The van der Waals surface area contributed by atoms with Crippen LogP contribution < -0.4 is 5.43 Å². The highest BCUT2D eigenvalue weighted by molar-refractivity contribution is 9.10. The normalized spacial score (nSPS) is 11.4. The smallest absolute Gasteiger partial charge is 0.201 e. The van der Waals surface area contributed by atoms with Crippen molar-refractivity contribution >= 4 is 50.4 Å². The van der Waals surface area contributed by atoms with Gasteiger partial charge in [-0.15, -0.1) is 0 Å². The zero-order chi connectivity index (χ0) is 15.7. The summed E-state index contributed by atoms with van der Waals surface area (Å²) in [4.78, 5) is 16.5. The van der Waals surface area contributed by atoms with E-state index in [4.69, 9.17) is 16.0 Å². The number of halogens is 2. The SMILES string of the molecule is O=c1c(C=Nc2cccc(Cl)c2O)coc2ccc(Br)cc12. The van der Waals surface area contributed by atoms with E-state index < -0.39 is 0 Å². The number of fused-ring (bicyclic) bond motifs is 1. The zero-order valence-electron chi connectivity index (χ0n) is 11.1. The quantitative estimate of drug-likeness (QED) is 0.659. The summed E-state index contributed by atoms with van der Waals surface area (Å²) >= 11 is 9.14. The maximum absolute atomic E-state index is 12.4. The van der Waals surface area contributed by atoms with Gasteiger partial charge in [-0.3, -0.25) is 9.79 Å². The monoisotopic (exact) mass is 377 g/mol. The van der Waals surface area contributed by atoms with E-state index in [-0.39, 0.29) is 27.5 Å². The number of phenols is 1. The van der Waals surface area contributed by atoms with Crippen molar-refractivity contribution < 1.29 is 9.52 Å². The van der Waals surface area contributed by atoms with Crippen molar-refractivity contribution in [1.82, 2.24) is 0 Å². The Balaban J connectivity index is 2.07. The number of para-hydroxylation sites is 1. The Labute approximate surface area is 138 Å². The van der Waals surface area contributed by atoms with E-state index >= 15 is 0 Å². The molecule has 3 aromatic rings. The number of phenolic OH excluding ortho intramolecular Hbond substituents is 1. The molecule has 0 fully saturated rings. The first-order valence-corrected chi connectivity index (χ1v) is 7.46. The van der Waals surface area contributed by atoms with Crippen molar-refractivity contribution in [1.29, 1.82) is 0 Å². The molecular formula is C16H9BrClNO3. The molecule has 0 amide bonds. The van der Waals surface area contributed by atoms with Crippen LogP contribution in [0.15, 0.2) is 61.3 Å². The van der Waals surface area contributed by atoms with Crippen LogP contribution >= 0.6 is 27.5 Å². The first kappa shape index (κ1) is 14.8. The predicted molar refractivity (Wildman–Crippen MR) is 90.6 cm³/mol. The molecule has 0 unspecified atom stereocenters. The lowest BCUT2D eigenvalue weighted by molar-refractivity contribution is 0.477. The number of hydrogen-bond acceptors (Lipinski definition) is 4. The average Bonchev–Trinajstić information content (AvgIpc) is 2.51. The molecule has 0 aliphatic rings. The van der Waals surface area contributed by atoms with E-state index in [0.29, 0.717) is 11.0 Å². The minimum absolute atomic E-state index is 0.131. The van der Waals surface area contributed by atoms with Crippen molar-refractivity contribution in [3.8, 4) is 5.75 Å². The van der Waals surface area contributed by atoms with Crippen LogP contribution in [0.5, 0.6) is 5.75 Å². The predicted octanol–water partition coefficient (Wildman–Crippen LogP) is 4.67. The number of nitrogens with zero attached hydrogens (tertiary/aromatic N) is 1. The van der Waals surface area contributed by atoms with Gasteiger partial charge in [0.2, 0.25) is 5.43 Å². The number of benzene rings is 2. The van der Waals surface area contributed by atoms with Gasteiger partial charge in [-0.2, -0.15) is 0 Å². The highest BCUT2D eigenvalue weighted by Gasteiger charge is 2.07. The van der Waals surface area contributed by atoms with Crippen molar-refractivity contribution in [2.24, 2.45) is 4.99 Å². The summed E-state index contributed by atoms with van der Waals surface area (Å²) in [5.41, 5.74) is 0.856. The molecule has 22 heavy (non-hydrogen) atoms. The number of rotatable bonds is 2. The first-order valence-electron chi connectivity index (χ1n) is 6.29. The summed E-state index contributed by atoms with van der Waals surface area (Å²) in [5.74, 6) is -0.131. The fourth-order valence-corrected chi connectivity index (χ4v) is 2.49. The third kappa shape index (κ3) is 2.77. The maximum Gasteiger partial charge on any atom is 0.201 e. The lowest BCUT2D eigenvalue weighted by Crippen LogP contribution is -2.07.